The zero-order valence-electron chi connectivity index (χ0n) is 82.8. The Labute approximate surface area is 818 Å². The number of aliphatic carboxylic acids is 4. The van der Waals surface area contributed by atoms with E-state index in [1.807, 2.05) is 48.5 Å². The highest BCUT2D eigenvalue weighted by Crippen LogP contribution is 2.54. The first-order valence-electron chi connectivity index (χ1n) is 53.8. The third-order valence-corrected chi connectivity index (χ3v) is 33.2. The van der Waals surface area contributed by atoms with Crippen LogP contribution in [0.15, 0.2) is 72.8 Å². The zero-order valence-corrected chi connectivity index (χ0v) is 82.8. The van der Waals surface area contributed by atoms with E-state index in [-0.39, 0.29) is 146 Å². The quantitative estimate of drug-likeness (QED) is 0.0116. The smallest absolute Gasteiger partial charge is 0.341 e. The molecule has 0 bridgehead atoms. The van der Waals surface area contributed by atoms with Gasteiger partial charge in [0, 0.05) is 0 Å². The molecule has 25 heteroatoms. The number of carbonyl (C=O) groups is 8. The summed E-state index contributed by atoms with van der Waals surface area (Å²) >= 11 is 0. The summed E-state index contributed by atoms with van der Waals surface area (Å²) in [6.07, 6.45) is 43.4. The molecule has 0 radical (unpaired) electrons. The normalized spacial score (nSPS) is 26.7. The van der Waals surface area contributed by atoms with Crippen molar-refractivity contribution in [3.63, 3.8) is 0 Å². The minimum absolute atomic E-state index is 0.00142. The molecule has 1 heterocycles. The maximum atomic E-state index is 12.9. The van der Waals surface area contributed by atoms with Gasteiger partial charge in [0.25, 0.3) is 0 Å². The van der Waals surface area contributed by atoms with Gasteiger partial charge in [0.1, 0.15) is 53.3 Å². The minimum atomic E-state index is -0.985. The van der Waals surface area contributed by atoms with Crippen molar-refractivity contribution in [2.45, 2.75) is 378 Å². The Morgan fingerprint density at radius 3 is 0.768 bits per heavy atom. The van der Waals surface area contributed by atoms with E-state index in [1.165, 1.54) is 28.7 Å². The zero-order chi connectivity index (χ0) is 97.7. The predicted molar refractivity (Wildman–Crippen MR) is 521 cm³/mol. The summed E-state index contributed by atoms with van der Waals surface area (Å²) in [5.41, 5.74) is 9.21. The van der Waals surface area contributed by atoms with Gasteiger partial charge in [0.2, 0.25) is 0 Å². The maximum Gasteiger partial charge on any atom is 0.341 e. The summed E-state index contributed by atoms with van der Waals surface area (Å²) in [5, 5.41) is 79.9. The maximum absolute atomic E-state index is 12.9. The van der Waals surface area contributed by atoms with E-state index in [2.05, 4.69) is 52.0 Å². The second-order valence-electron chi connectivity index (χ2n) is 42.9. The molecule has 138 heavy (non-hydrogen) atoms. The Bertz CT molecular complexity index is 4540. The molecule has 8 N–H and O–H groups in total. The Morgan fingerprint density at radius 1 is 0.304 bits per heavy atom. The van der Waals surface area contributed by atoms with E-state index in [9.17, 15) is 58.8 Å². The van der Waals surface area contributed by atoms with Crippen molar-refractivity contribution in [3.05, 3.63) is 117 Å². The van der Waals surface area contributed by atoms with Gasteiger partial charge in [-0.3, -0.25) is 19.2 Å². The highest BCUT2D eigenvalue weighted by molar-refractivity contribution is 5.76. The third kappa shape index (κ3) is 30.4. The van der Waals surface area contributed by atoms with E-state index in [4.69, 9.17) is 63.1 Å². The van der Waals surface area contributed by atoms with E-state index in [1.54, 1.807) is 0 Å². The molecule has 16 rings (SSSR count). The highest BCUT2D eigenvalue weighted by atomic mass is 16.6. The van der Waals surface area contributed by atoms with Gasteiger partial charge in [-0.15, -0.1) is 0 Å². The van der Waals surface area contributed by atoms with Crippen molar-refractivity contribution in [2.24, 2.45) is 94.7 Å². The molecule has 1 aliphatic heterocycles. The molecule has 11 aliphatic carbocycles. The van der Waals surface area contributed by atoms with Gasteiger partial charge in [0.05, 0.1) is 55.4 Å². The fourth-order valence-electron chi connectivity index (χ4n) is 25.6. The number of ether oxygens (including phenoxy) is 9. The molecule has 0 amide bonds. The molecular formula is C113H162O25. The largest absolute Gasteiger partial charge is 0.482 e. The molecule has 12 aliphatic rings. The second kappa shape index (κ2) is 53.7. The number of hydrogen-bond donors (Lipinski definition) is 8. The summed E-state index contributed by atoms with van der Waals surface area (Å²) in [4.78, 5) is 94.1. The number of hydrogen-bond acceptors (Lipinski definition) is 21. The summed E-state index contributed by atoms with van der Waals surface area (Å²) in [7, 11) is 0. The number of rotatable bonds is 48. The van der Waals surface area contributed by atoms with E-state index < -0.39 is 23.9 Å². The van der Waals surface area contributed by atoms with Gasteiger partial charge in [-0.1, -0.05) is 160 Å². The van der Waals surface area contributed by atoms with Crippen molar-refractivity contribution in [3.8, 4) is 23.0 Å². The van der Waals surface area contributed by atoms with Gasteiger partial charge >= 0.3 is 47.8 Å². The summed E-state index contributed by atoms with van der Waals surface area (Å²) in [6.45, 7) is 8.29. The number of carbonyl (C=O) groups excluding carboxylic acids is 4. The molecule has 764 valence electrons. The van der Waals surface area contributed by atoms with Crippen LogP contribution in [0.1, 0.15) is 323 Å². The van der Waals surface area contributed by atoms with E-state index in [0.717, 1.165) is 318 Å². The number of benzene rings is 4. The average molecular weight is 1920 g/mol. The van der Waals surface area contributed by atoms with E-state index >= 15 is 0 Å². The predicted octanol–water partition coefficient (Wildman–Crippen LogP) is 19.4. The SMILES string of the molecule is CCCCC[C@@H](CC[C@@H]1[C@H]2Cc3cccc(OCC(=O)O)c3C[C@H]2C[C@H]1O)OC(=O)C1CC1.CCCCC[C@@H](CC[C@@H]1[C@H]2Cc3cccc(OCC(=O)O)c3C[C@H]2C[C@H]1O)OC(=O)C1CCCC1.CCCCC[C@@H](CC[C@@H]1[C@H]2Cc3cccc(OCC(=O)O)c3C[C@H]2C[C@H]1O)OC(=O)C1CCCCC1.CCCCC[C@@H](CC[C@@H]1[C@H]2Cc3cccc(OCC(=O)O)c3C[C@H]2C[C@H]1O)OC(=O)C1COC1. The molecule has 0 unspecified atom stereocenters. The van der Waals surface area contributed by atoms with Crippen LogP contribution in [0, 0.1) is 94.7 Å². The Balaban J connectivity index is 0.000000155. The van der Waals surface area contributed by atoms with Crippen LogP contribution >= 0.6 is 0 Å². The van der Waals surface area contributed by atoms with Gasteiger partial charge in [-0.25, -0.2) is 19.2 Å². The number of carboxylic acid groups (broad SMARTS) is 4. The molecule has 7 saturated carbocycles. The fraction of sp³-hybridized carbons (Fsp3) is 0.717. The molecular weight excluding hydrogens is 1760 g/mol. The van der Waals surface area contributed by atoms with Crippen LogP contribution in [0.25, 0.3) is 0 Å². The van der Waals surface area contributed by atoms with Crippen LogP contribution in [0.5, 0.6) is 23.0 Å². The first kappa shape index (κ1) is 107. The van der Waals surface area contributed by atoms with Crippen molar-refractivity contribution >= 4 is 47.8 Å². The second-order valence-corrected chi connectivity index (χ2v) is 42.9. The lowest BCUT2D eigenvalue weighted by atomic mass is 9.73. The first-order valence-corrected chi connectivity index (χ1v) is 53.8. The van der Waals surface area contributed by atoms with Crippen molar-refractivity contribution in [1.82, 2.24) is 0 Å². The van der Waals surface area contributed by atoms with Crippen molar-refractivity contribution in [1.29, 1.82) is 0 Å². The summed E-state index contributed by atoms with van der Waals surface area (Å²) in [6, 6.07) is 23.5. The lowest BCUT2D eigenvalue weighted by molar-refractivity contribution is -0.170. The lowest BCUT2D eigenvalue weighted by Crippen LogP contribution is -2.38. The topological polar surface area (TPSA) is 381 Å². The van der Waals surface area contributed by atoms with Gasteiger partial charge in [0.15, 0.2) is 26.4 Å². The minimum Gasteiger partial charge on any atom is -0.482 e. The number of carboxylic acids is 4. The van der Waals surface area contributed by atoms with Crippen LogP contribution in [-0.2, 0) is 113 Å². The molecule has 25 nitrogen and oxygen atoms in total. The molecule has 4 aromatic carbocycles. The number of aliphatic hydroxyl groups excluding tert-OH is 4. The third-order valence-electron chi connectivity index (χ3n) is 33.2. The van der Waals surface area contributed by atoms with Crippen LogP contribution in [0.2, 0.25) is 0 Å². The van der Waals surface area contributed by atoms with Gasteiger partial charge < -0.3 is 83.5 Å². The molecule has 20 atom stereocenters. The number of aliphatic hydroxyl groups is 4. The number of esters is 4. The van der Waals surface area contributed by atoms with Gasteiger partial charge in [-0.2, -0.15) is 0 Å². The molecule has 8 fully saturated rings. The first-order chi connectivity index (χ1) is 66.8. The standard InChI is InChI=1S/C30H44O6.C29H42O6.C27H38O7.C27H38O6/c1-2-3-5-12-23(36-30(34)20-9-6-4-7-10-20)14-15-24-25-16-21-11-8-13-28(35-19-29(32)33)26(21)17-22(25)18-27(24)31;1-2-3-4-11-22(35-29(33)19-8-5-6-9-19)13-14-23-24-15-20-10-7-12-27(34-18-28(31)32)25(20)16-21(24)17-26(23)30;1-2-3-4-7-20(34-27(31)19-14-32-15-19)9-10-21-22-11-17-6-5-8-25(33-16-26(29)30)23(17)12-18(22)13-24(21)28;1-2-3-4-7-20(33-27(31)17-9-10-17)11-12-21-22-13-18-6-5-8-25(32-16-26(29)30)23(18)14-19(22)15-24(21)28/h8,11,13,20,22-25,27,31H,2-7,9-10,12,14-19H2,1H3,(H,32,33);7,10,12,19,21-24,26,30H,2-6,8-9,11,13-18H2,1H3,(H,31,32);5-6,8,18-22,24,28H,2-4,7,9-16H2,1H3,(H,29,30);5-6,8,17,19-22,24,28H,2-4,7,9-16H2,1H3,(H,29,30)/t22-,23-,24+,25-,27+;21-,22-,23+,24-,26+;18-,20-,21+,22-,24+;19-,20-,21+,22-,24+/m0000/s1. The Kier molecular flexibility index (Phi) is 41.6. The number of fused-ring (bicyclic) bond motifs is 8. The number of unbranched alkanes of at least 4 members (excludes halogenated alkanes) is 8. The lowest BCUT2D eigenvalue weighted by Gasteiger charge is -2.33. The van der Waals surface area contributed by atoms with E-state index in [0.29, 0.717) is 83.6 Å². The molecule has 0 spiro atoms. The van der Waals surface area contributed by atoms with Crippen molar-refractivity contribution in [2.75, 3.05) is 39.6 Å². The molecule has 0 aromatic heterocycles. The van der Waals surface area contributed by atoms with Crippen molar-refractivity contribution < 1.29 is 122 Å². The molecule has 4 aromatic rings. The monoisotopic (exact) mass is 1920 g/mol. The van der Waals surface area contributed by atoms with Crippen LogP contribution in [0.3, 0.4) is 0 Å². The summed E-state index contributed by atoms with van der Waals surface area (Å²) < 4.78 is 51.3. The van der Waals surface area contributed by atoms with Crippen LogP contribution in [0.4, 0.5) is 0 Å². The fourth-order valence-corrected chi connectivity index (χ4v) is 25.6. The highest BCUT2D eigenvalue weighted by Gasteiger charge is 2.51. The summed E-state index contributed by atoms with van der Waals surface area (Å²) in [5.74, 6) is 2.54. The van der Waals surface area contributed by atoms with Gasteiger partial charge in [-0.05, 0) is 358 Å². The molecule has 1 saturated heterocycles. The Morgan fingerprint density at radius 2 is 0.543 bits per heavy atom. The van der Waals surface area contributed by atoms with Crippen LogP contribution in [-0.4, -0.2) is 177 Å². The average Bonchev–Trinajstić information content (AvgIpc) is 1.63. The Hall–Kier alpha value is -8.36. The van der Waals surface area contributed by atoms with Crippen LogP contribution < -0.4 is 18.9 Å².